The van der Waals surface area contributed by atoms with Crippen LogP contribution in [-0.2, 0) is 21.9 Å². The zero-order valence-corrected chi connectivity index (χ0v) is 29.4. The molecule has 1 unspecified atom stereocenters. The van der Waals surface area contributed by atoms with Crippen LogP contribution in [0, 0.1) is 13.8 Å². The molecule has 4 aromatic carbocycles. The van der Waals surface area contributed by atoms with Crippen molar-refractivity contribution in [3.63, 3.8) is 0 Å². The lowest BCUT2D eigenvalue weighted by Gasteiger charge is -2.23. The van der Waals surface area contributed by atoms with E-state index in [1.165, 1.54) is 41.2 Å². The van der Waals surface area contributed by atoms with E-state index < -0.39 is 17.7 Å². The molecule has 12 heteroatoms. The lowest BCUT2D eigenvalue weighted by atomic mass is 9.95. The molecule has 0 saturated carbocycles. The minimum atomic E-state index is -1.10. The molecule has 0 bridgehead atoms. The maximum atomic E-state index is 13.7. The van der Waals surface area contributed by atoms with Gasteiger partial charge in [0.1, 0.15) is 18.1 Å². The number of methoxy groups -OCH3 is 1. The highest BCUT2D eigenvalue weighted by Crippen LogP contribution is 2.47. The molecule has 1 amide bonds. The Bertz CT molecular complexity index is 2030. The molecule has 1 aliphatic rings. The molecule has 9 nitrogen and oxygen atoms in total. The van der Waals surface area contributed by atoms with Gasteiger partial charge in [-0.2, -0.15) is 0 Å². The van der Waals surface area contributed by atoms with Crippen LogP contribution in [0.1, 0.15) is 39.4 Å². The molecule has 2 heterocycles. The third-order valence-corrected chi connectivity index (χ3v) is 10.5. The Kier molecular flexibility index (Phi) is 9.86. The minimum Gasteiger partial charge on any atom is -0.507 e. The number of rotatable bonds is 10. The number of hydrogen-bond acceptors (Lipinski definition) is 10. The van der Waals surface area contributed by atoms with Crippen molar-refractivity contribution >= 4 is 61.6 Å². The van der Waals surface area contributed by atoms with Crippen molar-refractivity contribution in [2.45, 2.75) is 36.6 Å². The Morgan fingerprint density at radius 1 is 0.958 bits per heavy atom. The quantitative estimate of drug-likeness (QED) is 0.0480. The third kappa shape index (κ3) is 6.96. The highest BCUT2D eigenvalue weighted by atomic mass is 79.9. The van der Waals surface area contributed by atoms with Gasteiger partial charge in [0.25, 0.3) is 5.78 Å². The molecule has 6 rings (SSSR count). The summed E-state index contributed by atoms with van der Waals surface area (Å²) in [5.41, 5.74) is 5.00. The number of aromatic hydroxyl groups is 1. The summed E-state index contributed by atoms with van der Waals surface area (Å²) in [5, 5.41) is 30.9. The molecule has 2 N–H and O–H groups in total. The first-order chi connectivity index (χ1) is 23.1. The Morgan fingerprint density at radius 3 is 2.42 bits per heavy atom. The third-order valence-electron chi connectivity index (χ3n) is 7.73. The van der Waals surface area contributed by atoms with Gasteiger partial charge in [-0.3, -0.25) is 14.5 Å². The van der Waals surface area contributed by atoms with Crippen LogP contribution in [0.2, 0.25) is 0 Å². The second kappa shape index (κ2) is 14.2. The summed E-state index contributed by atoms with van der Waals surface area (Å²) in [7, 11) is 1.40. The van der Waals surface area contributed by atoms with Crippen molar-refractivity contribution in [1.82, 2.24) is 10.2 Å². The topological polar surface area (TPSA) is 122 Å². The number of phenols is 1. The maximum Gasteiger partial charge on any atom is 0.301 e. The predicted molar refractivity (Wildman–Crippen MR) is 190 cm³/mol. The number of nitrogens with zero attached hydrogens (tertiary/aromatic N) is 3. The molecule has 48 heavy (non-hydrogen) atoms. The number of halogens is 1. The molecule has 0 radical (unpaired) electrons. The van der Waals surface area contributed by atoms with Gasteiger partial charge in [0.15, 0.2) is 15.8 Å². The monoisotopic (exact) mass is 743 g/mol. The number of aryl methyl sites for hydroxylation is 2. The summed E-state index contributed by atoms with van der Waals surface area (Å²) in [4.78, 5) is 28.7. The molecule has 0 spiro atoms. The molecule has 1 saturated heterocycles. The summed E-state index contributed by atoms with van der Waals surface area (Å²) in [6.07, 6.45) is 0. The Morgan fingerprint density at radius 2 is 1.71 bits per heavy atom. The van der Waals surface area contributed by atoms with Crippen LogP contribution in [0.3, 0.4) is 0 Å². The normalized spacial score (nSPS) is 15.6. The molecule has 1 atom stereocenters. The van der Waals surface area contributed by atoms with E-state index >= 15 is 0 Å². The van der Waals surface area contributed by atoms with E-state index in [9.17, 15) is 19.8 Å². The van der Waals surface area contributed by atoms with Crippen LogP contribution < -0.4 is 14.4 Å². The first-order valence-electron chi connectivity index (χ1n) is 14.8. The number of phenolic OH excluding ortho intramolecular Hbond substituents is 1. The van der Waals surface area contributed by atoms with Crippen LogP contribution in [0.25, 0.3) is 5.76 Å². The van der Waals surface area contributed by atoms with Crippen LogP contribution in [0.4, 0.5) is 5.13 Å². The number of carbonyl (C=O) groups is 2. The largest absolute Gasteiger partial charge is 0.507 e. The number of aliphatic hydroxyl groups excluding tert-OH is 1. The number of benzene rings is 4. The number of ketones is 1. The average molecular weight is 745 g/mol. The van der Waals surface area contributed by atoms with E-state index in [-0.39, 0.29) is 32.4 Å². The molecule has 5 aromatic rings. The summed E-state index contributed by atoms with van der Waals surface area (Å²) in [6.45, 7) is 4.40. The number of thioether (sulfide) groups is 1. The minimum absolute atomic E-state index is 0.117. The number of carbonyl (C=O) groups excluding carboxylic acids is 2. The summed E-state index contributed by atoms with van der Waals surface area (Å²) in [5.74, 6) is -0.936. The van der Waals surface area contributed by atoms with Gasteiger partial charge >= 0.3 is 5.91 Å². The maximum absolute atomic E-state index is 13.7. The smallest absolute Gasteiger partial charge is 0.301 e. The van der Waals surface area contributed by atoms with Gasteiger partial charge in [-0.05, 0) is 82.9 Å². The average Bonchev–Trinajstić information content (AvgIpc) is 3.66. The predicted octanol–water partition coefficient (Wildman–Crippen LogP) is 8.13. The van der Waals surface area contributed by atoms with Gasteiger partial charge in [-0.15, -0.1) is 10.2 Å². The van der Waals surface area contributed by atoms with Crippen molar-refractivity contribution in [2.75, 3.05) is 12.0 Å². The number of amides is 1. The number of Topliss-reactive ketones (excluding diaryl/α,β-unsaturated/α-hetero) is 1. The van der Waals surface area contributed by atoms with E-state index in [0.717, 1.165) is 22.3 Å². The number of aromatic nitrogens is 2. The van der Waals surface area contributed by atoms with E-state index in [1.807, 2.05) is 62.4 Å². The number of anilines is 1. The van der Waals surface area contributed by atoms with E-state index in [4.69, 9.17) is 9.47 Å². The van der Waals surface area contributed by atoms with E-state index in [2.05, 4.69) is 26.1 Å². The second-order valence-electron chi connectivity index (χ2n) is 11.1. The van der Waals surface area contributed by atoms with E-state index in [1.54, 1.807) is 30.3 Å². The lowest BCUT2D eigenvalue weighted by Crippen LogP contribution is -2.29. The van der Waals surface area contributed by atoms with Gasteiger partial charge in [0.05, 0.1) is 23.2 Å². The number of ether oxygens (including phenoxy) is 2. The Labute approximate surface area is 294 Å². The molecule has 1 fully saturated rings. The zero-order valence-electron chi connectivity index (χ0n) is 26.1. The number of aliphatic hydroxyl groups is 1. The Hall–Kier alpha value is -4.65. The van der Waals surface area contributed by atoms with Crippen LogP contribution >= 0.6 is 39.0 Å². The van der Waals surface area contributed by atoms with Crippen molar-refractivity contribution in [2.24, 2.45) is 0 Å². The molecule has 1 aliphatic heterocycles. The van der Waals surface area contributed by atoms with Gasteiger partial charge in [-0.25, -0.2) is 0 Å². The van der Waals surface area contributed by atoms with Crippen LogP contribution in [-0.4, -0.2) is 39.2 Å². The fourth-order valence-corrected chi connectivity index (χ4v) is 7.56. The lowest BCUT2D eigenvalue weighted by molar-refractivity contribution is -0.132. The standard InChI is InChI=1S/C36H30BrN3O6S2/c1-20-7-9-22(10-8-20)19-47-36-39-38-35(48-36)40-30(25-16-27(37)32(42)28(17-25)45-3)29(33(43)34(40)44)31(41)24-11-13-26(14-12-24)46-18-23-6-4-5-21(2)15-23/h4-17,30,41-42H,18-19H2,1-3H3/b31-29+. The highest BCUT2D eigenvalue weighted by Gasteiger charge is 2.48. The highest BCUT2D eigenvalue weighted by molar-refractivity contribution is 9.10. The first-order valence-corrected chi connectivity index (χ1v) is 17.4. The molecule has 244 valence electrons. The molecule has 1 aromatic heterocycles. The summed E-state index contributed by atoms with van der Waals surface area (Å²) in [6, 6.07) is 24.8. The van der Waals surface area contributed by atoms with Gasteiger partial charge in [0.2, 0.25) is 5.13 Å². The van der Waals surface area contributed by atoms with Crippen molar-refractivity contribution in [1.29, 1.82) is 0 Å². The fourth-order valence-electron chi connectivity index (χ4n) is 5.27. The molecular formula is C36H30BrN3O6S2. The zero-order chi connectivity index (χ0) is 33.9. The van der Waals surface area contributed by atoms with Crippen LogP contribution in [0.5, 0.6) is 17.2 Å². The summed E-state index contributed by atoms with van der Waals surface area (Å²) < 4.78 is 12.2. The van der Waals surface area contributed by atoms with Gasteiger partial charge in [0, 0.05) is 11.3 Å². The number of hydrogen-bond donors (Lipinski definition) is 2. The Balaban J connectivity index is 1.34. The van der Waals surface area contributed by atoms with Crippen molar-refractivity contribution in [3.05, 3.63) is 128 Å². The van der Waals surface area contributed by atoms with Gasteiger partial charge < -0.3 is 19.7 Å². The SMILES string of the molecule is COc1cc(C2/C(=C(\O)c3ccc(OCc4cccc(C)c4)cc3)C(=O)C(=O)N2c2nnc(SCc3ccc(C)cc3)s2)cc(Br)c1O. The summed E-state index contributed by atoms with van der Waals surface area (Å²) >= 11 is 5.98. The molecule has 0 aliphatic carbocycles. The van der Waals surface area contributed by atoms with Gasteiger partial charge in [-0.1, -0.05) is 82.8 Å². The fraction of sp³-hybridized carbons (Fsp3) is 0.167. The van der Waals surface area contributed by atoms with E-state index in [0.29, 0.717) is 33.6 Å². The van der Waals surface area contributed by atoms with Crippen molar-refractivity contribution < 1.29 is 29.3 Å². The second-order valence-corrected chi connectivity index (χ2v) is 14.2. The molecular weight excluding hydrogens is 714 g/mol. The van der Waals surface area contributed by atoms with Crippen LogP contribution in [0.15, 0.2) is 99.3 Å². The van der Waals surface area contributed by atoms with Crippen molar-refractivity contribution in [3.8, 4) is 17.2 Å². The first kappa shape index (κ1) is 33.3.